The minimum Gasteiger partial charge on any atom is -0.469 e. The van der Waals surface area contributed by atoms with Gasteiger partial charge < -0.3 is 9.73 Å². The Bertz CT molecular complexity index is 1130. The van der Waals surface area contributed by atoms with E-state index in [0.29, 0.717) is 40.1 Å². The van der Waals surface area contributed by atoms with E-state index in [4.69, 9.17) is 4.42 Å². The number of halogens is 2. The molecule has 31 heavy (non-hydrogen) atoms. The van der Waals surface area contributed by atoms with E-state index in [-0.39, 0.29) is 22.9 Å². The number of aryl methyl sites for hydroxylation is 2. The van der Waals surface area contributed by atoms with E-state index in [9.17, 15) is 22.0 Å². The minimum absolute atomic E-state index is 0.00219. The molecule has 0 fully saturated rings. The second-order valence-electron chi connectivity index (χ2n) is 6.62. The van der Waals surface area contributed by atoms with Crippen LogP contribution in [-0.2, 0) is 21.2 Å². The number of amides is 1. The van der Waals surface area contributed by atoms with E-state index >= 15 is 0 Å². The lowest BCUT2D eigenvalue weighted by Gasteiger charge is -2.13. The highest BCUT2D eigenvalue weighted by Crippen LogP contribution is 2.28. The lowest BCUT2D eigenvalue weighted by Crippen LogP contribution is -2.16. The first-order chi connectivity index (χ1) is 14.7. The van der Waals surface area contributed by atoms with Gasteiger partial charge in [0, 0.05) is 29.1 Å². The smallest absolute Gasteiger partial charge is 0.288 e. The summed E-state index contributed by atoms with van der Waals surface area (Å²) >= 11 is 0.378. The third kappa shape index (κ3) is 6.56. The number of sulfonamides is 1. The normalized spacial score (nSPS) is 11.5. The number of hydrogen-bond acceptors (Lipinski definition) is 5. The third-order valence-corrected chi connectivity index (χ3v) is 6.52. The van der Waals surface area contributed by atoms with E-state index in [1.807, 2.05) is 0 Å². The van der Waals surface area contributed by atoms with E-state index < -0.39 is 15.8 Å². The number of anilines is 2. The fraction of sp³-hybridized carbons (Fsp3) is 0.190. The molecule has 0 radical (unpaired) electrons. The Morgan fingerprint density at radius 2 is 1.81 bits per heavy atom. The number of carbonyl (C=O) groups is 1. The molecule has 2 aromatic carbocycles. The molecule has 0 unspecified atom stereocenters. The number of alkyl halides is 2. The Labute approximate surface area is 183 Å². The summed E-state index contributed by atoms with van der Waals surface area (Å²) < 4.78 is 58.2. The summed E-state index contributed by atoms with van der Waals surface area (Å²) in [6.07, 6.45) is 2.14. The summed E-state index contributed by atoms with van der Waals surface area (Å²) in [6, 6.07) is 13.8. The van der Waals surface area contributed by atoms with Gasteiger partial charge in [-0.2, -0.15) is 8.78 Å². The SMILES string of the molecule is Cc1ccc(NC(=O)CCc2ccco2)cc1S(=O)(=O)Nc1ccc(SC(F)F)cc1. The quantitative estimate of drug-likeness (QED) is 0.419. The molecule has 10 heteroatoms. The third-order valence-electron chi connectivity index (χ3n) is 4.27. The molecule has 1 amide bonds. The highest BCUT2D eigenvalue weighted by atomic mass is 32.2. The molecule has 0 atom stereocenters. The highest BCUT2D eigenvalue weighted by Gasteiger charge is 2.18. The molecule has 2 N–H and O–H groups in total. The summed E-state index contributed by atoms with van der Waals surface area (Å²) in [7, 11) is -3.96. The van der Waals surface area contributed by atoms with Crippen molar-refractivity contribution in [2.24, 2.45) is 0 Å². The van der Waals surface area contributed by atoms with E-state index in [1.54, 1.807) is 31.2 Å². The molecule has 164 valence electrons. The van der Waals surface area contributed by atoms with Gasteiger partial charge in [-0.25, -0.2) is 8.42 Å². The van der Waals surface area contributed by atoms with Crippen molar-refractivity contribution in [1.82, 2.24) is 0 Å². The molecular formula is C21H20F2N2O4S2. The van der Waals surface area contributed by atoms with Crippen molar-refractivity contribution < 1.29 is 26.4 Å². The maximum Gasteiger partial charge on any atom is 0.288 e. The van der Waals surface area contributed by atoms with Crippen molar-refractivity contribution in [3.05, 3.63) is 72.2 Å². The predicted molar refractivity (Wildman–Crippen MR) is 116 cm³/mol. The molecule has 3 rings (SSSR count). The van der Waals surface area contributed by atoms with Gasteiger partial charge in [0.1, 0.15) is 5.76 Å². The van der Waals surface area contributed by atoms with Crippen LogP contribution in [0.1, 0.15) is 17.7 Å². The van der Waals surface area contributed by atoms with Crippen LogP contribution < -0.4 is 10.0 Å². The maximum absolute atomic E-state index is 12.8. The molecule has 0 aliphatic rings. The van der Waals surface area contributed by atoms with Gasteiger partial charge in [-0.05, 0) is 61.0 Å². The standard InChI is InChI=1S/C21H20F2N2O4S2/c1-14-4-5-16(24-20(26)11-8-17-3-2-12-29-17)13-19(14)31(27,28)25-15-6-9-18(10-7-15)30-21(22)23/h2-7,9-10,12-13,21,25H,8,11H2,1H3,(H,24,26). The Hall–Kier alpha value is -2.85. The van der Waals surface area contributed by atoms with Gasteiger partial charge in [0.15, 0.2) is 0 Å². The summed E-state index contributed by atoms with van der Waals surface area (Å²) in [6.45, 7) is 1.64. The van der Waals surface area contributed by atoms with Gasteiger partial charge in [-0.3, -0.25) is 9.52 Å². The van der Waals surface area contributed by atoms with Crippen molar-refractivity contribution >= 4 is 39.1 Å². The molecule has 1 aromatic heterocycles. The van der Waals surface area contributed by atoms with E-state index in [2.05, 4.69) is 10.0 Å². The second kappa shape index (κ2) is 9.97. The van der Waals surface area contributed by atoms with Crippen LogP contribution in [-0.4, -0.2) is 20.1 Å². The molecule has 0 spiro atoms. The van der Waals surface area contributed by atoms with Crippen LogP contribution in [0.4, 0.5) is 20.2 Å². The van der Waals surface area contributed by atoms with Gasteiger partial charge in [-0.15, -0.1) is 0 Å². The van der Waals surface area contributed by atoms with Gasteiger partial charge in [-0.1, -0.05) is 17.8 Å². The average Bonchev–Trinajstić information content (AvgIpc) is 3.22. The summed E-state index contributed by atoms with van der Waals surface area (Å²) in [4.78, 5) is 12.5. The maximum atomic E-state index is 12.8. The van der Waals surface area contributed by atoms with E-state index in [1.165, 1.54) is 36.6 Å². The average molecular weight is 467 g/mol. The zero-order valence-electron chi connectivity index (χ0n) is 16.5. The van der Waals surface area contributed by atoms with Gasteiger partial charge >= 0.3 is 0 Å². The van der Waals surface area contributed by atoms with Crippen LogP contribution in [0.3, 0.4) is 0 Å². The number of thioether (sulfide) groups is 1. The summed E-state index contributed by atoms with van der Waals surface area (Å²) in [5.74, 6) is -2.14. The minimum atomic E-state index is -3.96. The topological polar surface area (TPSA) is 88.4 Å². The molecule has 0 bridgehead atoms. The number of furan rings is 1. The molecule has 0 saturated carbocycles. The van der Waals surface area contributed by atoms with Crippen LogP contribution in [0, 0.1) is 6.92 Å². The number of benzene rings is 2. The van der Waals surface area contributed by atoms with Crippen LogP contribution in [0.25, 0.3) is 0 Å². The Kier molecular flexibility index (Phi) is 7.34. The molecule has 0 saturated heterocycles. The zero-order valence-corrected chi connectivity index (χ0v) is 18.1. The lowest BCUT2D eigenvalue weighted by molar-refractivity contribution is -0.116. The van der Waals surface area contributed by atoms with Crippen molar-refractivity contribution in [1.29, 1.82) is 0 Å². The monoisotopic (exact) mass is 466 g/mol. The molecule has 3 aromatic rings. The fourth-order valence-electron chi connectivity index (χ4n) is 2.80. The second-order valence-corrected chi connectivity index (χ2v) is 9.33. The summed E-state index contributed by atoms with van der Waals surface area (Å²) in [5, 5.41) is 2.69. The first-order valence-electron chi connectivity index (χ1n) is 9.23. The molecule has 6 nitrogen and oxygen atoms in total. The van der Waals surface area contributed by atoms with Crippen LogP contribution in [0.2, 0.25) is 0 Å². The van der Waals surface area contributed by atoms with Crippen LogP contribution in [0.15, 0.2) is 75.1 Å². The molecule has 0 aliphatic carbocycles. The van der Waals surface area contributed by atoms with Crippen molar-refractivity contribution in [3.8, 4) is 0 Å². The predicted octanol–water partition coefficient (Wildman–Crippen LogP) is 5.27. The van der Waals surface area contributed by atoms with Crippen LogP contribution in [0.5, 0.6) is 0 Å². The summed E-state index contributed by atoms with van der Waals surface area (Å²) in [5.41, 5.74) is 1.08. The molecule has 1 heterocycles. The first-order valence-corrected chi connectivity index (χ1v) is 11.6. The number of nitrogens with one attached hydrogen (secondary N) is 2. The fourth-order valence-corrected chi connectivity index (χ4v) is 4.63. The molecular weight excluding hydrogens is 446 g/mol. The number of rotatable bonds is 9. The molecule has 0 aliphatic heterocycles. The number of carbonyl (C=O) groups excluding carboxylic acids is 1. The largest absolute Gasteiger partial charge is 0.469 e. The van der Waals surface area contributed by atoms with Crippen molar-refractivity contribution in [3.63, 3.8) is 0 Å². The van der Waals surface area contributed by atoms with Gasteiger partial charge in [0.2, 0.25) is 5.91 Å². The Morgan fingerprint density at radius 1 is 1.10 bits per heavy atom. The first kappa shape index (κ1) is 22.8. The Morgan fingerprint density at radius 3 is 2.45 bits per heavy atom. The van der Waals surface area contributed by atoms with Crippen molar-refractivity contribution in [2.75, 3.05) is 10.0 Å². The van der Waals surface area contributed by atoms with Crippen LogP contribution >= 0.6 is 11.8 Å². The Balaban J connectivity index is 1.69. The van der Waals surface area contributed by atoms with Gasteiger partial charge in [0.25, 0.3) is 15.8 Å². The highest BCUT2D eigenvalue weighted by molar-refractivity contribution is 7.99. The van der Waals surface area contributed by atoms with Gasteiger partial charge in [0.05, 0.1) is 11.2 Å². The van der Waals surface area contributed by atoms with Crippen molar-refractivity contribution in [2.45, 2.75) is 35.3 Å². The zero-order chi connectivity index (χ0) is 22.4. The van der Waals surface area contributed by atoms with E-state index in [0.717, 1.165) is 0 Å². The number of hydrogen-bond donors (Lipinski definition) is 2. The lowest BCUT2D eigenvalue weighted by atomic mass is 10.2.